The summed E-state index contributed by atoms with van der Waals surface area (Å²) in [6.07, 6.45) is 0.221. The molecule has 0 aromatic rings. The summed E-state index contributed by atoms with van der Waals surface area (Å²) < 4.78 is 0. The molecular formula is C14H24N2O3S. The highest BCUT2D eigenvalue weighted by Crippen LogP contribution is 2.26. The number of rotatable bonds is 7. The molecule has 1 unspecified atom stereocenters. The molecule has 1 saturated heterocycles. The number of nitrogens with zero attached hydrogens (tertiary/aromatic N) is 1. The Kier molecular flexibility index (Phi) is 6.20. The first-order valence-electron chi connectivity index (χ1n) is 6.99. The van der Waals surface area contributed by atoms with Crippen LogP contribution < -0.4 is 5.73 Å². The van der Waals surface area contributed by atoms with Gasteiger partial charge in [-0.05, 0) is 5.92 Å². The Morgan fingerprint density at radius 3 is 2.45 bits per heavy atom. The molecule has 2 N–H and O–H groups in total. The summed E-state index contributed by atoms with van der Waals surface area (Å²) in [5.41, 5.74) is 5.81. The van der Waals surface area contributed by atoms with E-state index in [1.807, 2.05) is 27.7 Å². The van der Waals surface area contributed by atoms with Crippen molar-refractivity contribution >= 4 is 29.4 Å². The number of thioether (sulfide) groups is 1. The minimum Gasteiger partial charge on any atom is -0.321 e. The number of carbonyl (C=O) groups is 3. The average Bonchev–Trinajstić information content (AvgIpc) is 2.62. The Morgan fingerprint density at radius 1 is 1.35 bits per heavy atom. The number of likely N-dealkylation sites (tertiary alicyclic amines) is 1. The normalized spacial score (nSPS) is 21.1. The Morgan fingerprint density at radius 2 is 1.95 bits per heavy atom. The molecule has 1 fully saturated rings. The van der Waals surface area contributed by atoms with Crippen molar-refractivity contribution < 1.29 is 14.4 Å². The molecule has 0 aromatic heterocycles. The van der Waals surface area contributed by atoms with Crippen molar-refractivity contribution in [1.29, 1.82) is 0 Å². The van der Waals surface area contributed by atoms with Crippen molar-refractivity contribution in [1.82, 2.24) is 4.90 Å². The molecular weight excluding hydrogens is 276 g/mol. The van der Waals surface area contributed by atoms with Crippen LogP contribution in [0, 0.1) is 11.8 Å². The van der Waals surface area contributed by atoms with E-state index in [0.29, 0.717) is 12.3 Å². The van der Waals surface area contributed by atoms with Gasteiger partial charge in [0.1, 0.15) is 0 Å². The number of Topliss-reactive ketones (excluding diaryl/α,β-unsaturated/α-hetero) is 1. The lowest BCUT2D eigenvalue weighted by Gasteiger charge is -2.18. The van der Waals surface area contributed by atoms with Crippen LogP contribution in [-0.2, 0) is 14.4 Å². The molecule has 1 aliphatic heterocycles. The number of nitrogens with two attached hydrogens (primary N) is 1. The monoisotopic (exact) mass is 300 g/mol. The van der Waals surface area contributed by atoms with Gasteiger partial charge in [0.05, 0.1) is 11.3 Å². The summed E-state index contributed by atoms with van der Waals surface area (Å²) in [6, 6.07) is -0.568. The molecule has 2 atom stereocenters. The molecule has 114 valence electrons. The molecule has 0 radical (unpaired) electrons. The largest absolute Gasteiger partial charge is 0.321 e. The van der Waals surface area contributed by atoms with E-state index in [0.717, 1.165) is 0 Å². The van der Waals surface area contributed by atoms with Crippen LogP contribution in [0.25, 0.3) is 0 Å². The van der Waals surface area contributed by atoms with Crippen molar-refractivity contribution in [2.24, 2.45) is 17.6 Å². The zero-order valence-electron chi connectivity index (χ0n) is 12.6. The van der Waals surface area contributed by atoms with Crippen LogP contribution in [0.2, 0.25) is 0 Å². The van der Waals surface area contributed by atoms with Gasteiger partial charge in [-0.2, -0.15) is 0 Å². The van der Waals surface area contributed by atoms with E-state index < -0.39 is 6.04 Å². The lowest BCUT2D eigenvalue weighted by Crippen LogP contribution is -2.37. The minimum absolute atomic E-state index is 0.00620. The van der Waals surface area contributed by atoms with E-state index in [4.69, 9.17) is 5.73 Å². The Hall–Kier alpha value is -0.880. The third-order valence-corrected chi connectivity index (χ3v) is 4.48. The summed E-state index contributed by atoms with van der Waals surface area (Å²) in [5.74, 6) is 0.271. The van der Waals surface area contributed by atoms with E-state index in [-0.39, 0.29) is 41.1 Å². The number of amides is 2. The molecule has 0 aliphatic carbocycles. The van der Waals surface area contributed by atoms with E-state index in [9.17, 15) is 14.4 Å². The van der Waals surface area contributed by atoms with Gasteiger partial charge in [0.2, 0.25) is 11.8 Å². The van der Waals surface area contributed by atoms with Crippen LogP contribution in [0.4, 0.5) is 0 Å². The Bertz CT molecular complexity index is 396. The Balaban J connectivity index is 2.52. The van der Waals surface area contributed by atoms with Crippen LogP contribution in [0.1, 0.15) is 34.1 Å². The van der Waals surface area contributed by atoms with Gasteiger partial charge >= 0.3 is 0 Å². The van der Waals surface area contributed by atoms with Gasteiger partial charge in [-0.3, -0.25) is 19.3 Å². The molecule has 1 aliphatic rings. The molecule has 6 heteroatoms. The van der Waals surface area contributed by atoms with E-state index in [1.54, 1.807) is 0 Å². The van der Waals surface area contributed by atoms with Crippen LogP contribution in [0.3, 0.4) is 0 Å². The maximum Gasteiger partial charge on any atom is 0.242 e. The van der Waals surface area contributed by atoms with Crippen molar-refractivity contribution in [3.8, 4) is 0 Å². The molecule has 1 heterocycles. The molecule has 0 aromatic carbocycles. The highest BCUT2D eigenvalue weighted by Gasteiger charge is 2.39. The van der Waals surface area contributed by atoms with Gasteiger partial charge in [-0.1, -0.05) is 27.7 Å². The highest BCUT2D eigenvalue weighted by molar-refractivity contribution is 8.00. The molecule has 20 heavy (non-hydrogen) atoms. The first kappa shape index (κ1) is 17.2. The third kappa shape index (κ3) is 4.31. The minimum atomic E-state index is -0.568. The fraction of sp³-hybridized carbons (Fsp3) is 0.786. The van der Waals surface area contributed by atoms with Gasteiger partial charge in [0, 0.05) is 24.6 Å². The second-order valence-electron chi connectivity index (χ2n) is 5.93. The number of hydrogen-bond donors (Lipinski definition) is 1. The van der Waals surface area contributed by atoms with Crippen LogP contribution in [0.15, 0.2) is 0 Å². The highest BCUT2D eigenvalue weighted by atomic mass is 32.2. The van der Waals surface area contributed by atoms with Crippen molar-refractivity contribution in [2.75, 3.05) is 12.3 Å². The van der Waals surface area contributed by atoms with E-state index >= 15 is 0 Å². The van der Waals surface area contributed by atoms with Gasteiger partial charge in [-0.15, -0.1) is 11.8 Å². The number of carbonyl (C=O) groups excluding carboxylic acids is 3. The average molecular weight is 300 g/mol. The summed E-state index contributed by atoms with van der Waals surface area (Å²) in [4.78, 5) is 37.0. The number of hydrogen-bond acceptors (Lipinski definition) is 5. The predicted molar refractivity (Wildman–Crippen MR) is 80.2 cm³/mol. The second kappa shape index (κ2) is 7.22. The first-order chi connectivity index (χ1) is 9.23. The molecule has 5 nitrogen and oxygen atoms in total. The maximum atomic E-state index is 12.1. The summed E-state index contributed by atoms with van der Waals surface area (Å²) in [6.45, 7) is 8.02. The zero-order valence-corrected chi connectivity index (χ0v) is 13.4. The zero-order chi connectivity index (χ0) is 15.4. The van der Waals surface area contributed by atoms with E-state index in [2.05, 4.69) is 0 Å². The van der Waals surface area contributed by atoms with Crippen molar-refractivity contribution in [2.45, 2.75) is 45.4 Å². The lowest BCUT2D eigenvalue weighted by atomic mass is 10.0. The fourth-order valence-electron chi connectivity index (χ4n) is 2.07. The van der Waals surface area contributed by atoms with Gasteiger partial charge in [0.25, 0.3) is 0 Å². The van der Waals surface area contributed by atoms with E-state index in [1.165, 1.54) is 16.7 Å². The lowest BCUT2D eigenvalue weighted by molar-refractivity contribution is -0.138. The second-order valence-corrected chi connectivity index (χ2v) is 7.16. The summed E-state index contributed by atoms with van der Waals surface area (Å²) in [7, 11) is 0. The van der Waals surface area contributed by atoms with Crippen LogP contribution in [-0.4, -0.2) is 46.1 Å². The molecule has 0 bridgehead atoms. The number of ketones is 1. The molecule has 1 rings (SSSR count). The van der Waals surface area contributed by atoms with Gasteiger partial charge < -0.3 is 5.73 Å². The van der Waals surface area contributed by atoms with Gasteiger partial charge in [0.15, 0.2) is 5.78 Å². The maximum absolute atomic E-state index is 12.1. The predicted octanol–water partition coefficient (Wildman–Crippen LogP) is 1.06. The fourth-order valence-corrected chi connectivity index (χ4v) is 3.20. The van der Waals surface area contributed by atoms with Gasteiger partial charge in [-0.25, -0.2) is 0 Å². The summed E-state index contributed by atoms with van der Waals surface area (Å²) in [5, 5.41) is -0.382. The topological polar surface area (TPSA) is 80.5 Å². The first-order valence-corrected chi connectivity index (χ1v) is 8.04. The molecule has 2 amide bonds. The smallest absolute Gasteiger partial charge is 0.242 e. The third-order valence-electron chi connectivity index (χ3n) is 3.16. The molecule has 0 spiro atoms. The van der Waals surface area contributed by atoms with Crippen LogP contribution in [0.5, 0.6) is 0 Å². The van der Waals surface area contributed by atoms with Crippen molar-refractivity contribution in [3.05, 3.63) is 0 Å². The number of imide groups is 1. The SMILES string of the molecule is CC(C)CN1C(=O)CC(SC[C@@H](N)C(=O)C(C)C)C1=O. The van der Waals surface area contributed by atoms with Crippen LogP contribution >= 0.6 is 11.8 Å². The summed E-state index contributed by atoms with van der Waals surface area (Å²) >= 11 is 1.32. The van der Waals surface area contributed by atoms with Crippen molar-refractivity contribution in [3.63, 3.8) is 0 Å². The quantitative estimate of drug-likeness (QED) is 0.711. The standard InChI is InChI=1S/C14H24N2O3S/c1-8(2)6-16-12(17)5-11(14(16)19)20-7-10(15)13(18)9(3)4/h8-11H,5-7,15H2,1-4H3/t10-,11?/m1/s1. The Labute approximate surface area is 124 Å². The molecule has 0 saturated carbocycles.